The fourth-order valence-electron chi connectivity index (χ4n) is 2.39. The number of anilines is 1. The molecule has 0 bridgehead atoms. The highest BCUT2D eigenvalue weighted by Crippen LogP contribution is 2.26. The van der Waals surface area contributed by atoms with Gasteiger partial charge < -0.3 is 9.80 Å². The predicted octanol–water partition coefficient (Wildman–Crippen LogP) is 2.21. The minimum Gasteiger partial charge on any atom is -0.343 e. The maximum absolute atomic E-state index is 12.3. The van der Waals surface area contributed by atoms with E-state index >= 15 is 0 Å². The third-order valence-corrected chi connectivity index (χ3v) is 3.94. The van der Waals surface area contributed by atoms with Crippen molar-refractivity contribution in [1.29, 1.82) is 0 Å². The monoisotopic (exact) mass is 274 g/mol. The highest BCUT2D eigenvalue weighted by Gasteiger charge is 2.36. The van der Waals surface area contributed by atoms with E-state index in [1.807, 2.05) is 45.0 Å². The number of carbonyl (C=O) groups excluding carboxylic acids is 2. The predicted molar refractivity (Wildman–Crippen MR) is 79.5 cm³/mol. The molecule has 1 unspecified atom stereocenters. The van der Waals surface area contributed by atoms with E-state index in [9.17, 15) is 9.59 Å². The summed E-state index contributed by atoms with van der Waals surface area (Å²) < 4.78 is 0. The number of amides is 2. The van der Waals surface area contributed by atoms with Gasteiger partial charge in [-0.05, 0) is 32.9 Å². The Hall–Kier alpha value is -1.84. The van der Waals surface area contributed by atoms with Crippen molar-refractivity contribution in [2.75, 3.05) is 18.5 Å². The zero-order chi connectivity index (χ0) is 14.9. The lowest BCUT2D eigenvalue weighted by Crippen LogP contribution is -2.38. The van der Waals surface area contributed by atoms with E-state index in [1.54, 1.807) is 16.8 Å². The van der Waals surface area contributed by atoms with Crippen LogP contribution in [0.5, 0.6) is 0 Å². The molecule has 0 aromatic heterocycles. The summed E-state index contributed by atoms with van der Waals surface area (Å²) in [7, 11) is 1.80. The fraction of sp³-hybridized carbons (Fsp3) is 0.500. The number of aryl methyl sites for hydroxylation is 1. The van der Waals surface area contributed by atoms with Gasteiger partial charge in [-0.3, -0.25) is 9.59 Å². The molecular weight excluding hydrogens is 252 g/mol. The van der Waals surface area contributed by atoms with Gasteiger partial charge in [0.1, 0.15) is 0 Å². The van der Waals surface area contributed by atoms with Gasteiger partial charge in [-0.15, -0.1) is 0 Å². The van der Waals surface area contributed by atoms with Crippen LogP contribution in [0.25, 0.3) is 0 Å². The third-order valence-electron chi connectivity index (χ3n) is 3.94. The minimum atomic E-state index is -0.226. The molecule has 2 rings (SSSR count). The van der Waals surface area contributed by atoms with Crippen molar-refractivity contribution in [3.05, 3.63) is 29.8 Å². The molecule has 1 saturated heterocycles. The first-order valence-electron chi connectivity index (χ1n) is 7.04. The summed E-state index contributed by atoms with van der Waals surface area (Å²) in [5.41, 5.74) is 2.04. The first-order chi connectivity index (χ1) is 9.40. The second kappa shape index (κ2) is 5.65. The van der Waals surface area contributed by atoms with Crippen LogP contribution < -0.4 is 4.90 Å². The molecule has 4 heteroatoms. The van der Waals surface area contributed by atoms with Gasteiger partial charge in [-0.2, -0.15) is 0 Å². The van der Waals surface area contributed by atoms with Gasteiger partial charge in [0, 0.05) is 31.7 Å². The second-order valence-corrected chi connectivity index (χ2v) is 5.78. The van der Waals surface area contributed by atoms with Crippen molar-refractivity contribution in [2.24, 2.45) is 5.92 Å². The zero-order valence-corrected chi connectivity index (χ0v) is 12.6. The van der Waals surface area contributed by atoms with Crippen LogP contribution >= 0.6 is 0 Å². The Morgan fingerprint density at radius 2 is 1.90 bits per heavy atom. The van der Waals surface area contributed by atoms with Crippen molar-refractivity contribution in [1.82, 2.24) is 4.90 Å². The number of carbonyl (C=O) groups is 2. The maximum atomic E-state index is 12.3. The van der Waals surface area contributed by atoms with Gasteiger partial charge in [0.05, 0.1) is 5.92 Å². The number of benzene rings is 1. The summed E-state index contributed by atoms with van der Waals surface area (Å²) in [5.74, 6) is -0.136. The minimum absolute atomic E-state index is 0.0318. The van der Waals surface area contributed by atoms with E-state index < -0.39 is 0 Å². The van der Waals surface area contributed by atoms with Crippen LogP contribution in [0.4, 0.5) is 5.69 Å². The van der Waals surface area contributed by atoms with E-state index in [2.05, 4.69) is 0 Å². The highest BCUT2D eigenvalue weighted by atomic mass is 16.2. The molecule has 0 spiro atoms. The van der Waals surface area contributed by atoms with Gasteiger partial charge in [-0.25, -0.2) is 0 Å². The van der Waals surface area contributed by atoms with Gasteiger partial charge in [0.25, 0.3) is 0 Å². The van der Waals surface area contributed by atoms with E-state index in [0.717, 1.165) is 11.3 Å². The molecule has 1 aliphatic rings. The molecule has 1 fully saturated rings. The number of hydrogen-bond donors (Lipinski definition) is 0. The SMILES string of the molecule is Cc1ccc(N2CC(C(=O)N(C)C(C)C)CC2=O)cc1. The van der Waals surface area contributed by atoms with Gasteiger partial charge in [0.15, 0.2) is 0 Å². The molecule has 1 atom stereocenters. The van der Waals surface area contributed by atoms with Gasteiger partial charge in [-0.1, -0.05) is 17.7 Å². The summed E-state index contributed by atoms with van der Waals surface area (Å²) in [6.07, 6.45) is 0.309. The number of hydrogen-bond acceptors (Lipinski definition) is 2. The van der Waals surface area contributed by atoms with Crippen molar-refractivity contribution >= 4 is 17.5 Å². The van der Waals surface area contributed by atoms with Crippen LogP contribution in [0.15, 0.2) is 24.3 Å². The van der Waals surface area contributed by atoms with Crippen molar-refractivity contribution < 1.29 is 9.59 Å². The Morgan fingerprint density at radius 3 is 2.45 bits per heavy atom. The summed E-state index contributed by atoms with van der Waals surface area (Å²) in [4.78, 5) is 27.9. The molecule has 2 amide bonds. The largest absolute Gasteiger partial charge is 0.343 e. The van der Waals surface area contributed by atoms with Crippen molar-refractivity contribution in [2.45, 2.75) is 33.2 Å². The molecule has 20 heavy (non-hydrogen) atoms. The molecule has 4 nitrogen and oxygen atoms in total. The maximum Gasteiger partial charge on any atom is 0.227 e. The van der Waals surface area contributed by atoms with Crippen molar-refractivity contribution in [3.63, 3.8) is 0 Å². The van der Waals surface area contributed by atoms with E-state index in [4.69, 9.17) is 0 Å². The summed E-state index contributed by atoms with van der Waals surface area (Å²) >= 11 is 0. The molecule has 0 N–H and O–H groups in total. The van der Waals surface area contributed by atoms with E-state index in [0.29, 0.717) is 13.0 Å². The molecule has 1 aliphatic heterocycles. The average molecular weight is 274 g/mol. The lowest BCUT2D eigenvalue weighted by Gasteiger charge is -2.24. The quantitative estimate of drug-likeness (QED) is 0.848. The standard InChI is InChI=1S/C16H22N2O2/c1-11(2)17(4)16(20)13-9-15(19)18(10-13)14-7-5-12(3)6-8-14/h5-8,11,13H,9-10H2,1-4H3. The molecular formula is C16H22N2O2. The Bertz CT molecular complexity index is 508. The van der Waals surface area contributed by atoms with Crippen molar-refractivity contribution in [3.8, 4) is 0 Å². The lowest BCUT2D eigenvalue weighted by atomic mass is 10.1. The van der Waals surface area contributed by atoms with Crippen LogP contribution in [0.1, 0.15) is 25.8 Å². The van der Waals surface area contributed by atoms with Crippen LogP contribution in [-0.2, 0) is 9.59 Å². The first-order valence-corrected chi connectivity index (χ1v) is 7.04. The highest BCUT2D eigenvalue weighted by molar-refractivity contribution is 6.00. The Kier molecular flexibility index (Phi) is 4.12. The van der Waals surface area contributed by atoms with Gasteiger partial charge >= 0.3 is 0 Å². The number of rotatable bonds is 3. The number of nitrogens with zero attached hydrogens (tertiary/aromatic N) is 2. The summed E-state index contributed by atoms with van der Waals surface area (Å²) in [6, 6.07) is 8.00. The summed E-state index contributed by atoms with van der Waals surface area (Å²) in [6.45, 7) is 6.45. The zero-order valence-electron chi connectivity index (χ0n) is 12.6. The Balaban J connectivity index is 2.11. The molecule has 0 saturated carbocycles. The van der Waals surface area contributed by atoms with Crippen LogP contribution in [0, 0.1) is 12.8 Å². The molecule has 1 aromatic carbocycles. The van der Waals surface area contributed by atoms with E-state index in [1.165, 1.54) is 0 Å². The van der Waals surface area contributed by atoms with E-state index in [-0.39, 0.29) is 23.8 Å². The molecule has 108 valence electrons. The normalized spacial score (nSPS) is 18.8. The van der Waals surface area contributed by atoms with Gasteiger partial charge in [0.2, 0.25) is 11.8 Å². The smallest absolute Gasteiger partial charge is 0.227 e. The molecule has 0 aliphatic carbocycles. The average Bonchev–Trinajstić information content (AvgIpc) is 2.80. The van der Waals surface area contributed by atoms with Crippen LogP contribution in [0.2, 0.25) is 0 Å². The lowest BCUT2D eigenvalue weighted by molar-refractivity contribution is -0.135. The second-order valence-electron chi connectivity index (χ2n) is 5.78. The molecule has 1 aromatic rings. The van der Waals surface area contributed by atoms with Crippen LogP contribution in [0.3, 0.4) is 0 Å². The van der Waals surface area contributed by atoms with Crippen LogP contribution in [-0.4, -0.2) is 36.3 Å². The topological polar surface area (TPSA) is 40.6 Å². The Morgan fingerprint density at radius 1 is 1.30 bits per heavy atom. The molecule has 0 radical (unpaired) electrons. The third kappa shape index (κ3) is 2.84. The summed E-state index contributed by atoms with van der Waals surface area (Å²) in [5, 5.41) is 0. The Labute approximate surface area is 120 Å². The first kappa shape index (κ1) is 14.6. The fourth-order valence-corrected chi connectivity index (χ4v) is 2.39. The molecule has 1 heterocycles.